The number of carbonyl (C=O) groups excluding carboxylic acids is 1. The Kier molecular flexibility index (Phi) is 6.09. The van der Waals surface area contributed by atoms with Crippen LogP contribution in [0, 0.1) is 6.92 Å². The third kappa shape index (κ3) is 4.40. The van der Waals surface area contributed by atoms with E-state index < -0.39 is 22.0 Å². The van der Waals surface area contributed by atoms with Crippen LogP contribution in [0.25, 0.3) is 0 Å². The average molecular weight is 369 g/mol. The molecule has 0 aliphatic carbocycles. The summed E-state index contributed by atoms with van der Waals surface area (Å²) >= 11 is 1.50. The van der Waals surface area contributed by atoms with E-state index in [0.29, 0.717) is 0 Å². The lowest BCUT2D eigenvalue weighted by molar-refractivity contribution is -0.696. The second-order valence-corrected chi connectivity index (χ2v) is 7.78. The Hall–Kier alpha value is -1.77. The van der Waals surface area contributed by atoms with E-state index in [0.717, 1.165) is 17.8 Å². The largest absolute Gasteiger partial charge is 0.468 e. The number of carbonyl (C=O) groups is 1. The van der Waals surface area contributed by atoms with Crippen molar-refractivity contribution in [3.05, 3.63) is 46.4 Å². The first-order valence-corrected chi connectivity index (χ1v) is 9.91. The number of aryl methyl sites for hydroxylation is 2. The van der Waals surface area contributed by atoms with Crippen LogP contribution in [0.3, 0.4) is 0 Å². The van der Waals surface area contributed by atoms with Crippen LogP contribution in [0.5, 0.6) is 0 Å². The van der Waals surface area contributed by atoms with E-state index in [2.05, 4.69) is 4.72 Å². The van der Waals surface area contributed by atoms with Crippen LogP contribution in [-0.4, -0.2) is 27.5 Å². The van der Waals surface area contributed by atoms with Crippen LogP contribution in [0.1, 0.15) is 18.2 Å². The molecule has 1 heterocycles. The van der Waals surface area contributed by atoms with Crippen LogP contribution in [-0.2, 0) is 32.5 Å². The van der Waals surface area contributed by atoms with Crippen LogP contribution in [0.2, 0.25) is 0 Å². The van der Waals surface area contributed by atoms with Crippen LogP contribution in [0.15, 0.2) is 40.1 Å². The Balaban J connectivity index is 2.25. The molecule has 0 amide bonds. The van der Waals surface area contributed by atoms with Gasteiger partial charge in [0.25, 0.3) is 0 Å². The lowest BCUT2D eigenvalue weighted by atomic mass is 10.2. The molecule has 0 spiro atoms. The molecule has 8 heteroatoms. The summed E-state index contributed by atoms with van der Waals surface area (Å²) in [5.41, 5.74) is 3.77. The third-order valence-corrected chi connectivity index (χ3v) is 5.90. The van der Waals surface area contributed by atoms with Gasteiger partial charge in [0.05, 0.1) is 23.8 Å². The Bertz CT molecular complexity index is 798. The Morgan fingerprint density at radius 1 is 1.33 bits per heavy atom. The molecule has 1 aromatic heterocycles. The van der Waals surface area contributed by atoms with Gasteiger partial charge in [-0.15, -0.1) is 0 Å². The first kappa shape index (κ1) is 18.6. The molecule has 0 saturated carbocycles. The molecule has 0 fully saturated rings. The van der Waals surface area contributed by atoms with E-state index in [4.69, 9.17) is 4.74 Å². The van der Waals surface area contributed by atoms with Crippen LogP contribution >= 0.6 is 11.3 Å². The van der Waals surface area contributed by atoms with Gasteiger partial charge in [-0.1, -0.05) is 29.0 Å². The SMILES string of the molecule is CC[n+]1cscc1C[C@H](NS(=O)(=O)c1ccc(C)cc1)C(=O)OC. The normalized spacial score (nSPS) is 12.8. The summed E-state index contributed by atoms with van der Waals surface area (Å²) in [5.74, 6) is -0.612. The fourth-order valence-corrected chi connectivity index (χ4v) is 4.32. The highest BCUT2D eigenvalue weighted by Gasteiger charge is 2.29. The van der Waals surface area contributed by atoms with E-state index in [1.54, 1.807) is 12.1 Å². The fourth-order valence-electron chi connectivity index (χ4n) is 2.26. The lowest BCUT2D eigenvalue weighted by Gasteiger charge is -2.15. The van der Waals surface area contributed by atoms with Crippen molar-refractivity contribution < 1.29 is 22.5 Å². The second-order valence-electron chi connectivity index (χ2n) is 5.35. The summed E-state index contributed by atoms with van der Waals surface area (Å²) in [6.07, 6.45) is 0.231. The number of hydrogen-bond donors (Lipinski definition) is 1. The minimum Gasteiger partial charge on any atom is -0.468 e. The maximum absolute atomic E-state index is 12.5. The molecule has 0 radical (unpaired) electrons. The number of benzene rings is 1. The van der Waals surface area contributed by atoms with Gasteiger partial charge in [-0.2, -0.15) is 9.29 Å². The van der Waals surface area contributed by atoms with Crippen molar-refractivity contribution in [3.63, 3.8) is 0 Å². The van der Waals surface area contributed by atoms with Gasteiger partial charge in [-0.25, -0.2) is 8.42 Å². The number of sulfonamides is 1. The highest BCUT2D eigenvalue weighted by atomic mass is 32.2. The molecule has 1 aromatic carbocycles. The topological polar surface area (TPSA) is 76.4 Å². The highest BCUT2D eigenvalue weighted by molar-refractivity contribution is 7.89. The number of rotatable bonds is 7. The number of nitrogens with zero attached hydrogens (tertiary/aromatic N) is 1. The third-order valence-electron chi connectivity index (χ3n) is 3.63. The van der Waals surface area contributed by atoms with E-state index in [-0.39, 0.29) is 11.3 Å². The van der Waals surface area contributed by atoms with Crippen molar-refractivity contribution >= 4 is 27.3 Å². The first-order chi connectivity index (χ1) is 11.4. The van der Waals surface area contributed by atoms with Crippen molar-refractivity contribution in [3.8, 4) is 0 Å². The van der Waals surface area contributed by atoms with Crippen molar-refractivity contribution in [2.75, 3.05) is 7.11 Å². The molecule has 24 heavy (non-hydrogen) atoms. The summed E-state index contributed by atoms with van der Waals surface area (Å²) in [4.78, 5) is 12.2. The van der Waals surface area contributed by atoms with Gasteiger partial charge in [0.15, 0.2) is 5.69 Å². The number of aromatic nitrogens is 1. The van der Waals surface area contributed by atoms with Gasteiger partial charge in [-0.3, -0.25) is 4.79 Å². The number of hydrogen-bond acceptors (Lipinski definition) is 5. The predicted octanol–water partition coefficient (Wildman–Crippen LogP) is 1.43. The molecule has 0 bridgehead atoms. The predicted molar refractivity (Wildman–Crippen MR) is 91.2 cm³/mol. The van der Waals surface area contributed by atoms with E-state index >= 15 is 0 Å². The summed E-state index contributed by atoms with van der Waals surface area (Å²) in [6.45, 7) is 4.61. The summed E-state index contributed by atoms with van der Waals surface area (Å²) < 4.78 is 34.3. The number of nitrogens with one attached hydrogen (secondary N) is 1. The second kappa shape index (κ2) is 7.87. The minimum absolute atomic E-state index is 0.121. The summed E-state index contributed by atoms with van der Waals surface area (Å²) in [7, 11) is -2.56. The minimum atomic E-state index is -3.81. The Morgan fingerprint density at radius 3 is 2.58 bits per heavy atom. The summed E-state index contributed by atoms with van der Waals surface area (Å²) in [5, 5.41) is 1.90. The zero-order chi connectivity index (χ0) is 17.7. The maximum Gasteiger partial charge on any atom is 0.324 e. The molecule has 1 N–H and O–H groups in total. The van der Waals surface area contributed by atoms with E-state index in [1.807, 2.05) is 29.3 Å². The lowest BCUT2D eigenvalue weighted by Crippen LogP contribution is -2.46. The summed E-state index contributed by atoms with van der Waals surface area (Å²) in [6, 6.07) is 5.48. The zero-order valence-electron chi connectivity index (χ0n) is 13.9. The first-order valence-electron chi connectivity index (χ1n) is 7.48. The van der Waals surface area contributed by atoms with Gasteiger partial charge in [0, 0.05) is 0 Å². The quantitative estimate of drug-likeness (QED) is 0.592. The molecule has 0 saturated heterocycles. The molecule has 1 atom stereocenters. The van der Waals surface area contributed by atoms with Gasteiger partial charge in [0.2, 0.25) is 15.5 Å². The molecule has 0 aliphatic heterocycles. The average Bonchev–Trinajstić information content (AvgIpc) is 3.01. The zero-order valence-corrected chi connectivity index (χ0v) is 15.5. The van der Waals surface area contributed by atoms with Crippen molar-refractivity contribution in [1.29, 1.82) is 0 Å². The van der Waals surface area contributed by atoms with E-state index in [9.17, 15) is 13.2 Å². The Morgan fingerprint density at radius 2 is 2.00 bits per heavy atom. The molecule has 0 aliphatic rings. The molecule has 2 rings (SSSR count). The van der Waals surface area contributed by atoms with Gasteiger partial charge in [0.1, 0.15) is 12.6 Å². The molecule has 130 valence electrons. The number of esters is 1. The van der Waals surface area contributed by atoms with Crippen LogP contribution < -0.4 is 9.29 Å². The van der Waals surface area contributed by atoms with Crippen molar-refractivity contribution in [2.24, 2.45) is 0 Å². The highest BCUT2D eigenvalue weighted by Crippen LogP contribution is 2.12. The van der Waals surface area contributed by atoms with Gasteiger partial charge >= 0.3 is 5.97 Å². The van der Waals surface area contributed by atoms with Crippen LogP contribution in [0.4, 0.5) is 0 Å². The fraction of sp³-hybridized carbons (Fsp3) is 0.375. The van der Waals surface area contributed by atoms with Gasteiger partial charge in [-0.05, 0) is 26.0 Å². The van der Waals surface area contributed by atoms with Crippen molar-refractivity contribution in [2.45, 2.75) is 37.8 Å². The molecular weight excluding hydrogens is 348 g/mol. The van der Waals surface area contributed by atoms with Crippen molar-refractivity contribution in [1.82, 2.24) is 4.72 Å². The number of thiazole rings is 1. The van der Waals surface area contributed by atoms with E-state index in [1.165, 1.54) is 30.6 Å². The molecule has 6 nitrogen and oxygen atoms in total. The molecular formula is C16H21N2O4S2+. The number of methoxy groups -OCH3 is 1. The maximum atomic E-state index is 12.5. The molecule has 2 aromatic rings. The number of ether oxygens (including phenoxy) is 1. The smallest absolute Gasteiger partial charge is 0.324 e. The standard InChI is InChI=1S/C16H21N2O4S2/c1-4-18-11-23-10-13(18)9-15(16(19)22-3)17-24(20,21)14-7-5-12(2)6-8-14/h5-8,10-11,15,17H,4,9H2,1-3H3/q+1/t15-/m0/s1. The molecule has 0 unspecified atom stereocenters. The monoisotopic (exact) mass is 369 g/mol. The van der Waals surface area contributed by atoms with Gasteiger partial charge < -0.3 is 4.74 Å². The Labute approximate surface area is 146 Å².